The zero-order chi connectivity index (χ0) is 40.5. The van der Waals surface area contributed by atoms with Crippen LogP contribution in [0.4, 0.5) is 0 Å². The van der Waals surface area contributed by atoms with Gasteiger partial charge in [-0.05, 0) is 47.6 Å². The predicted octanol–water partition coefficient (Wildman–Crippen LogP) is 8.61. The lowest BCUT2D eigenvalue weighted by Gasteiger charge is -2.36. The van der Waals surface area contributed by atoms with Gasteiger partial charge in [0.2, 0.25) is 11.8 Å². The van der Waals surface area contributed by atoms with Crippen LogP contribution >= 0.6 is 0 Å². The molecule has 2 unspecified atom stereocenters. The van der Waals surface area contributed by atoms with E-state index in [9.17, 15) is 29.4 Å². The van der Waals surface area contributed by atoms with Gasteiger partial charge in [0, 0.05) is 23.5 Å². The Bertz CT molecular complexity index is 1890. The third kappa shape index (κ3) is 8.15. The summed E-state index contributed by atoms with van der Waals surface area (Å²) >= 11 is 0. The minimum Gasteiger partial charge on any atom is -0.480 e. The summed E-state index contributed by atoms with van der Waals surface area (Å²) in [4.78, 5) is 68.0. The Kier molecular flexibility index (Phi) is 11.3. The Balaban J connectivity index is 1.15. The normalized spacial score (nSPS) is 18.0. The van der Waals surface area contributed by atoms with Gasteiger partial charge >= 0.3 is 11.9 Å². The predicted molar refractivity (Wildman–Crippen MR) is 214 cm³/mol. The van der Waals surface area contributed by atoms with Crippen molar-refractivity contribution in [3.8, 4) is 33.6 Å². The van der Waals surface area contributed by atoms with Gasteiger partial charge in [0.05, 0.1) is 23.5 Å². The lowest BCUT2D eigenvalue weighted by Crippen LogP contribution is -2.50. The monoisotopic (exact) mass is 764 g/mol. The smallest absolute Gasteiger partial charge is 0.319 e. The number of aliphatic carboxylic acids is 2. The van der Waals surface area contributed by atoms with Gasteiger partial charge in [-0.3, -0.25) is 19.2 Å². The molecule has 0 aliphatic heterocycles. The SMILES string of the molecule is CC(C)(C)C(NC(=O)C1(C(=O)O)CCCCC1)c1nc(-c2ccc(-c3ccc(-c4c[nH]c(C(NC(=O)C5(C(=O)O)CCCCC5)C(C)(C)C)n4)cc3)cc2)c[nH]1. The molecule has 6 N–H and O–H groups in total. The second-order valence-corrected chi connectivity index (χ2v) is 17.9. The highest BCUT2D eigenvalue weighted by Crippen LogP contribution is 2.41. The summed E-state index contributed by atoms with van der Waals surface area (Å²) in [7, 11) is 0. The maximum Gasteiger partial charge on any atom is 0.319 e. The lowest BCUT2D eigenvalue weighted by molar-refractivity contribution is -0.160. The highest BCUT2D eigenvalue weighted by Gasteiger charge is 2.49. The van der Waals surface area contributed by atoms with Gasteiger partial charge in [-0.25, -0.2) is 9.97 Å². The Hall–Kier alpha value is -5.26. The van der Waals surface area contributed by atoms with E-state index in [4.69, 9.17) is 9.97 Å². The molecule has 2 amide bonds. The molecule has 0 bridgehead atoms. The van der Waals surface area contributed by atoms with E-state index in [2.05, 4.69) is 20.6 Å². The average molecular weight is 765 g/mol. The van der Waals surface area contributed by atoms with E-state index in [0.717, 1.165) is 60.8 Å². The summed E-state index contributed by atoms with van der Waals surface area (Å²) in [5, 5.41) is 26.3. The maximum absolute atomic E-state index is 13.6. The molecule has 2 atom stereocenters. The van der Waals surface area contributed by atoms with Gasteiger partial charge in [-0.2, -0.15) is 0 Å². The van der Waals surface area contributed by atoms with E-state index in [0.29, 0.717) is 48.7 Å². The Morgan fingerprint density at radius 2 is 0.857 bits per heavy atom. The lowest BCUT2D eigenvalue weighted by atomic mass is 9.72. The molecule has 0 spiro atoms. The fraction of sp³-hybridized carbons (Fsp3) is 0.500. The molecule has 4 aromatic rings. The summed E-state index contributed by atoms with van der Waals surface area (Å²) in [6.07, 6.45) is 9.71. The van der Waals surface area contributed by atoms with Crippen molar-refractivity contribution >= 4 is 23.8 Å². The van der Waals surface area contributed by atoms with Gasteiger partial charge in [-0.15, -0.1) is 0 Å². The number of rotatable bonds is 11. The van der Waals surface area contributed by atoms with E-state index >= 15 is 0 Å². The van der Waals surface area contributed by atoms with Crippen LogP contribution in [0.2, 0.25) is 0 Å². The molecule has 2 saturated carbocycles. The van der Waals surface area contributed by atoms with Crippen molar-refractivity contribution in [2.75, 3.05) is 0 Å². The highest BCUT2D eigenvalue weighted by atomic mass is 16.4. The molecule has 0 radical (unpaired) electrons. The quantitative estimate of drug-likeness (QED) is 0.0818. The van der Waals surface area contributed by atoms with Crippen LogP contribution < -0.4 is 10.6 Å². The van der Waals surface area contributed by atoms with Crippen molar-refractivity contribution < 1.29 is 29.4 Å². The first-order chi connectivity index (χ1) is 26.4. The van der Waals surface area contributed by atoms with Crippen molar-refractivity contribution in [1.29, 1.82) is 0 Å². The minimum absolute atomic E-state index is 0.338. The van der Waals surface area contributed by atoms with Crippen LogP contribution in [0.25, 0.3) is 33.6 Å². The molecule has 2 aliphatic rings. The molecule has 2 fully saturated rings. The number of carboxylic acid groups (broad SMARTS) is 2. The average Bonchev–Trinajstić information content (AvgIpc) is 3.86. The zero-order valence-electron chi connectivity index (χ0n) is 33.4. The summed E-state index contributed by atoms with van der Waals surface area (Å²) < 4.78 is 0. The van der Waals surface area contributed by atoms with Crippen LogP contribution in [0.1, 0.15) is 129 Å². The van der Waals surface area contributed by atoms with E-state index < -0.39 is 57.5 Å². The molecule has 2 aromatic heterocycles. The maximum atomic E-state index is 13.6. The molecular formula is C44H56N6O6. The first-order valence-corrected chi connectivity index (χ1v) is 19.9. The van der Waals surface area contributed by atoms with E-state index in [1.165, 1.54) is 0 Å². The van der Waals surface area contributed by atoms with Crippen LogP contribution in [0, 0.1) is 21.7 Å². The Morgan fingerprint density at radius 1 is 0.554 bits per heavy atom. The highest BCUT2D eigenvalue weighted by molar-refractivity contribution is 6.02. The van der Waals surface area contributed by atoms with Crippen LogP contribution in [0.3, 0.4) is 0 Å². The van der Waals surface area contributed by atoms with E-state index in [-0.39, 0.29) is 0 Å². The number of aromatic amines is 2. The number of benzene rings is 2. The molecule has 2 aliphatic carbocycles. The van der Waals surface area contributed by atoms with Crippen molar-refractivity contribution in [3.05, 3.63) is 72.6 Å². The summed E-state index contributed by atoms with van der Waals surface area (Å²) in [6.45, 7) is 12.0. The first-order valence-electron chi connectivity index (χ1n) is 19.9. The molecule has 12 heteroatoms. The van der Waals surface area contributed by atoms with Crippen LogP contribution in [0.15, 0.2) is 60.9 Å². The molecule has 2 heterocycles. The zero-order valence-corrected chi connectivity index (χ0v) is 33.4. The standard InChI is InChI=1S/C44H56N6O6/c1-41(2,3)33(49-37(51)43(39(53)54)21-9-7-10-22-43)35-45-25-31(47-35)29-17-13-27(14-18-29)28-15-19-30(20-16-28)32-26-46-36(48-32)34(42(4,5)6)50-38(52)44(40(55)56)23-11-8-12-24-44/h13-20,25-26,33-34H,7-12,21-24H2,1-6H3,(H,45,47)(H,46,48)(H,49,51)(H,50,52)(H,53,54)(H,55,56). The topological polar surface area (TPSA) is 190 Å². The van der Waals surface area contributed by atoms with Gasteiger partial charge in [-0.1, -0.05) is 129 Å². The van der Waals surface area contributed by atoms with Gasteiger partial charge in [0.1, 0.15) is 22.5 Å². The number of carbonyl (C=O) groups excluding carboxylic acids is 2. The minimum atomic E-state index is -1.41. The third-order valence-electron chi connectivity index (χ3n) is 11.8. The van der Waals surface area contributed by atoms with Crippen LogP contribution in [0.5, 0.6) is 0 Å². The summed E-state index contributed by atoms with van der Waals surface area (Å²) in [5.41, 5.74) is 1.54. The fourth-order valence-electron chi connectivity index (χ4n) is 8.25. The van der Waals surface area contributed by atoms with Gasteiger partial charge in [0.25, 0.3) is 0 Å². The molecule has 6 rings (SSSR count). The van der Waals surface area contributed by atoms with Gasteiger partial charge in [0.15, 0.2) is 0 Å². The number of hydrogen-bond acceptors (Lipinski definition) is 6. The third-order valence-corrected chi connectivity index (χ3v) is 11.8. The fourth-order valence-corrected chi connectivity index (χ4v) is 8.25. The molecule has 298 valence electrons. The number of H-pyrrole nitrogens is 2. The van der Waals surface area contributed by atoms with E-state index in [1.807, 2.05) is 102 Å². The number of nitrogens with one attached hydrogen (secondary N) is 4. The largest absolute Gasteiger partial charge is 0.480 e. The molecule has 0 saturated heterocycles. The van der Waals surface area contributed by atoms with Crippen LogP contribution in [-0.4, -0.2) is 53.9 Å². The van der Waals surface area contributed by atoms with Crippen molar-refractivity contribution in [3.63, 3.8) is 0 Å². The van der Waals surface area contributed by atoms with Crippen molar-refractivity contribution in [1.82, 2.24) is 30.6 Å². The number of nitrogens with zero attached hydrogens (tertiary/aromatic N) is 2. The van der Waals surface area contributed by atoms with Crippen molar-refractivity contribution in [2.24, 2.45) is 21.7 Å². The first kappa shape index (κ1) is 40.4. The number of aromatic nitrogens is 4. The number of hydrogen-bond donors (Lipinski definition) is 6. The molecular weight excluding hydrogens is 709 g/mol. The molecule has 12 nitrogen and oxygen atoms in total. The Labute approximate surface area is 328 Å². The number of carbonyl (C=O) groups is 4. The second kappa shape index (κ2) is 15.7. The van der Waals surface area contributed by atoms with E-state index in [1.54, 1.807) is 0 Å². The Morgan fingerprint density at radius 3 is 1.14 bits per heavy atom. The van der Waals surface area contributed by atoms with Crippen molar-refractivity contribution in [2.45, 2.75) is 118 Å². The number of amides is 2. The molecule has 56 heavy (non-hydrogen) atoms. The number of imidazole rings is 2. The second-order valence-electron chi connectivity index (χ2n) is 17.9. The molecule has 2 aromatic carbocycles. The van der Waals surface area contributed by atoms with Crippen LogP contribution in [-0.2, 0) is 19.2 Å². The summed E-state index contributed by atoms with van der Waals surface area (Å²) in [5.74, 6) is -1.88. The summed E-state index contributed by atoms with van der Waals surface area (Å²) in [6, 6.07) is 15.1. The number of carboxylic acids is 2. The van der Waals surface area contributed by atoms with Gasteiger partial charge < -0.3 is 30.8 Å².